The van der Waals surface area contributed by atoms with Crippen LogP contribution >= 0.6 is 0 Å². The van der Waals surface area contributed by atoms with Gasteiger partial charge in [-0.25, -0.2) is 0 Å². The first-order valence-electron chi connectivity index (χ1n) is 6.16. The fourth-order valence-electron chi connectivity index (χ4n) is 2.94. The van der Waals surface area contributed by atoms with Crippen molar-refractivity contribution in [1.29, 1.82) is 0 Å². The van der Waals surface area contributed by atoms with E-state index in [1.54, 1.807) is 0 Å². The fraction of sp³-hybridized carbons (Fsp3) is 0.500. The summed E-state index contributed by atoms with van der Waals surface area (Å²) in [7, 11) is 0. The maximum atomic E-state index is 4.29. The molecule has 84 valence electrons. The molecule has 2 heteroatoms. The number of piperidine rings is 1. The number of hydrogen-bond acceptors (Lipinski definition) is 2. The first kappa shape index (κ1) is 10.0. The van der Waals surface area contributed by atoms with Crippen LogP contribution in [0.3, 0.4) is 0 Å². The van der Waals surface area contributed by atoms with Crippen molar-refractivity contribution >= 4 is 5.57 Å². The second kappa shape index (κ2) is 4.02. The van der Waals surface area contributed by atoms with Crippen LogP contribution in [0.25, 0.3) is 5.57 Å². The quantitative estimate of drug-likeness (QED) is 0.776. The van der Waals surface area contributed by atoms with Gasteiger partial charge in [0.1, 0.15) is 0 Å². The van der Waals surface area contributed by atoms with Gasteiger partial charge < -0.3 is 5.32 Å². The molecule has 2 heterocycles. The molecule has 1 fully saturated rings. The SMILES string of the molecule is Cc1cncc(C2=C[C@@H]3CNCC[C@@H]3C2)c1. The lowest BCUT2D eigenvalue weighted by molar-refractivity contribution is 0.323. The number of aromatic nitrogens is 1. The van der Waals surface area contributed by atoms with Crippen LogP contribution in [0.2, 0.25) is 0 Å². The van der Waals surface area contributed by atoms with Crippen molar-refractivity contribution in [3.63, 3.8) is 0 Å². The van der Waals surface area contributed by atoms with Crippen molar-refractivity contribution in [3.8, 4) is 0 Å². The average molecular weight is 214 g/mol. The van der Waals surface area contributed by atoms with Crippen molar-refractivity contribution in [2.75, 3.05) is 13.1 Å². The Balaban J connectivity index is 1.86. The van der Waals surface area contributed by atoms with Gasteiger partial charge in [-0.2, -0.15) is 0 Å². The zero-order chi connectivity index (χ0) is 11.0. The van der Waals surface area contributed by atoms with E-state index in [9.17, 15) is 0 Å². The van der Waals surface area contributed by atoms with Crippen LogP contribution in [0, 0.1) is 18.8 Å². The van der Waals surface area contributed by atoms with E-state index in [2.05, 4.69) is 29.4 Å². The van der Waals surface area contributed by atoms with Gasteiger partial charge in [0.2, 0.25) is 0 Å². The predicted octanol–water partition coefficient (Wildman–Crippen LogP) is 2.40. The Kier molecular flexibility index (Phi) is 2.52. The molecule has 2 nitrogen and oxygen atoms in total. The number of rotatable bonds is 1. The molecule has 1 saturated heterocycles. The van der Waals surface area contributed by atoms with E-state index < -0.39 is 0 Å². The molecule has 0 saturated carbocycles. The minimum atomic E-state index is 0.754. The maximum Gasteiger partial charge on any atom is 0.0343 e. The Morgan fingerprint density at radius 2 is 2.31 bits per heavy atom. The predicted molar refractivity (Wildman–Crippen MR) is 66.0 cm³/mol. The van der Waals surface area contributed by atoms with Gasteiger partial charge in [0, 0.05) is 18.9 Å². The lowest BCUT2D eigenvalue weighted by Crippen LogP contribution is -2.33. The normalized spacial score (nSPS) is 28.7. The van der Waals surface area contributed by atoms with Crippen LogP contribution in [-0.2, 0) is 0 Å². The summed E-state index contributed by atoms with van der Waals surface area (Å²) in [5, 5.41) is 3.48. The summed E-state index contributed by atoms with van der Waals surface area (Å²) >= 11 is 0. The second-order valence-electron chi connectivity index (χ2n) is 5.06. The molecule has 2 atom stereocenters. The standard InChI is InChI=1S/C14H18N2/c1-10-4-13(9-16-7-10)12-5-11-2-3-15-8-14(11)6-12/h4,6-7,9,11,14-15H,2-3,5,8H2,1H3/t11-,14-/m1/s1. The molecule has 0 aromatic carbocycles. The largest absolute Gasteiger partial charge is 0.316 e. The molecular formula is C14H18N2. The number of allylic oxidation sites excluding steroid dienone is 1. The number of pyridine rings is 1. The monoisotopic (exact) mass is 214 g/mol. The minimum Gasteiger partial charge on any atom is -0.316 e. The third kappa shape index (κ3) is 1.78. The molecule has 1 aliphatic carbocycles. The van der Waals surface area contributed by atoms with E-state index in [4.69, 9.17) is 0 Å². The first-order valence-corrected chi connectivity index (χ1v) is 6.16. The molecule has 0 amide bonds. The van der Waals surface area contributed by atoms with Crippen molar-refractivity contribution in [2.24, 2.45) is 11.8 Å². The second-order valence-corrected chi connectivity index (χ2v) is 5.06. The van der Waals surface area contributed by atoms with Gasteiger partial charge in [-0.05, 0) is 60.9 Å². The highest BCUT2D eigenvalue weighted by molar-refractivity contribution is 5.68. The molecule has 1 aromatic heterocycles. The lowest BCUT2D eigenvalue weighted by Gasteiger charge is -2.25. The van der Waals surface area contributed by atoms with Crippen LogP contribution in [0.1, 0.15) is 24.0 Å². The molecule has 0 radical (unpaired) electrons. The molecule has 1 N–H and O–H groups in total. The summed E-state index contributed by atoms with van der Waals surface area (Å²) in [6.45, 7) is 4.46. The van der Waals surface area contributed by atoms with Gasteiger partial charge in [0.15, 0.2) is 0 Å². The highest BCUT2D eigenvalue weighted by Gasteiger charge is 2.29. The first-order chi connectivity index (χ1) is 7.83. The molecule has 2 aliphatic rings. The van der Waals surface area contributed by atoms with E-state index in [-0.39, 0.29) is 0 Å². The summed E-state index contributed by atoms with van der Waals surface area (Å²) in [5.74, 6) is 1.63. The van der Waals surface area contributed by atoms with Gasteiger partial charge in [0.25, 0.3) is 0 Å². The third-order valence-electron chi connectivity index (χ3n) is 3.82. The minimum absolute atomic E-state index is 0.754. The van der Waals surface area contributed by atoms with Crippen molar-refractivity contribution < 1.29 is 0 Å². The Bertz CT molecular complexity index is 422. The molecular weight excluding hydrogens is 196 g/mol. The molecule has 0 bridgehead atoms. The number of aryl methyl sites for hydroxylation is 1. The molecule has 0 spiro atoms. The Morgan fingerprint density at radius 1 is 1.38 bits per heavy atom. The van der Waals surface area contributed by atoms with Gasteiger partial charge in [-0.3, -0.25) is 4.98 Å². The van der Waals surface area contributed by atoms with Gasteiger partial charge >= 0.3 is 0 Å². The Morgan fingerprint density at radius 3 is 3.12 bits per heavy atom. The number of nitrogens with zero attached hydrogens (tertiary/aromatic N) is 1. The van der Waals surface area contributed by atoms with Crippen LogP contribution in [0.4, 0.5) is 0 Å². The molecule has 1 aliphatic heterocycles. The van der Waals surface area contributed by atoms with Crippen LogP contribution in [0.5, 0.6) is 0 Å². The summed E-state index contributed by atoms with van der Waals surface area (Å²) < 4.78 is 0. The molecule has 3 rings (SSSR count). The van der Waals surface area contributed by atoms with Crippen LogP contribution in [0.15, 0.2) is 24.5 Å². The van der Waals surface area contributed by atoms with Crippen LogP contribution < -0.4 is 5.32 Å². The van der Waals surface area contributed by atoms with Crippen LogP contribution in [-0.4, -0.2) is 18.1 Å². The highest BCUT2D eigenvalue weighted by Crippen LogP contribution is 2.39. The maximum absolute atomic E-state index is 4.29. The number of hydrogen-bond donors (Lipinski definition) is 1. The van der Waals surface area contributed by atoms with Gasteiger partial charge in [-0.15, -0.1) is 0 Å². The topological polar surface area (TPSA) is 24.9 Å². The fourth-order valence-corrected chi connectivity index (χ4v) is 2.94. The van der Waals surface area contributed by atoms with E-state index in [0.717, 1.165) is 18.4 Å². The summed E-state index contributed by atoms with van der Waals surface area (Å²) in [6, 6.07) is 2.25. The molecule has 1 aromatic rings. The molecule has 16 heavy (non-hydrogen) atoms. The van der Waals surface area contributed by atoms with E-state index in [1.165, 1.54) is 36.1 Å². The summed E-state index contributed by atoms with van der Waals surface area (Å²) in [6.07, 6.45) is 8.96. The Hall–Kier alpha value is -1.15. The van der Waals surface area contributed by atoms with E-state index in [1.807, 2.05) is 12.4 Å². The highest BCUT2D eigenvalue weighted by atomic mass is 14.9. The van der Waals surface area contributed by atoms with Gasteiger partial charge in [0.05, 0.1) is 0 Å². The van der Waals surface area contributed by atoms with Gasteiger partial charge in [-0.1, -0.05) is 6.08 Å². The van der Waals surface area contributed by atoms with Crippen molar-refractivity contribution in [3.05, 3.63) is 35.7 Å². The zero-order valence-electron chi connectivity index (χ0n) is 9.74. The van der Waals surface area contributed by atoms with Crippen molar-refractivity contribution in [1.82, 2.24) is 10.3 Å². The average Bonchev–Trinajstić information content (AvgIpc) is 2.72. The Labute approximate surface area is 96.8 Å². The lowest BCUT2D eigenvalue weighted by atomic mass is 9.89. The van der Waals surface area contributed by atoms with Crippen molar-refractivity contribution in [2.45, 2.75) is 19.8 Å². The third-order valence-corrected chi connectivity index (χ3v) is 3.82. The summed E-state index contributed by atoms with van der Waals surface area (Å²) in [5.41, 5.74) is 4.09. The smallest absolute Gasteiger partial charge is 0.0343 e. The summed E-state index contributed by atoms with van der Waals surface area (Å²) in [4.78, 5) is 4.29. The van der Waals surface area contributed by atoms with E-state index in [0.29, 0.717) is 0 Å². The number of fused-ring (bicyclic) bond motifs is 1. The molecule has 0 unspecified atom stereocenters. The number of nitrogens with one attached hydrogen (secondary N) is 1. The zero-order valence-corrected chi connectivity index (χ0v) is 9.74. The van der Waals surface area contributed by atoms with E-state index >= 15 is 0 Å².